The minimum atomic E-state index is -5.14. The monoisotopic (exact) mass is 352 g/mol. The van der Waals surface area contributed by atoms with Crippen LogP contribution in [0, 0.1) is 0 Å². The Morgan fingerprint density at radius 3 is 2.25 bits per heavy atom. The fourth-order valence-electron chi connectivity index (χ4n) is 1.47. The molecule has 2 aromatic rings. The minimum absolute atomic E-state index is 0.303. The first-order valence-electron chi connectivity index (χ1n) is 5.03. The minimum Gasteiger partial charge on any atom is -0.233 e. The molecule has 2 rings (SSSR count). The van der Waals surface area contributed by atoms with Crippen molar-refractivity contribution in [3.8, 4) is 5.69 Å². The molecule has 20 heavy (non-hydrogen) atoms. The molecule has 0 saturated heterocycles. The molecule has 0 N–H and O–H groups in total. The van der Waals surface area contributed by atoms with Crippen molar-refractivity contribution in [2.75, 3.05) is 4.90 Å². The van der Waals surface area contributed by atoms with Crippen molar-refractivity contribution in [2.45, 2.75) is 6.30 Å². The average Bonchev–Trinajstić information content (AvgIpc) is 2.74. The summed E-state index contributed by atoms with van der Waals surface area (Å²) < 4.78 is 51.6. The van der Waals surface area contributed by atoms with Crippen LogP contribution >= 0.6 is 15.9 Å². The van der Waals surface area contributed by atoms with Gasteiger partial charge in [-0.1, -0.05) is 0 Å². The Kier molecular flexibility index (Phi) is 3.75. The molecule has 1 aromatic heterocycles. The first-order valence-corrected chi connectivity index (χ1v) is 5.82. The van der Waals surface area contributed by atoms with Crippen LogP contribution in [0.5, 0.6) is 0 Å². The van der Waals surface area contributed by atoms with Crippen LogP contribution in [-0.2, 0) is 0 Å². The number of halogens is 5. The van der Waals surface area contributed by atoms with E-state index < -0.39 is 23.0 Å². The molecule has 106 valence electrons. The van der Waals surface area contributed by atoms with Gasteiger partial charge >= 0.3 is 12.5 Å². The third kappa shape index (κ3) is 2.95. The highest BCUT2D eigenvalue weighted by Gasteiger charge is 2.42. The second-order valence-electron chi connectivity index (χ2n) is 3.53. The van der Waals surface area contributed by atoms with Crippen LogP contribution in [-0.4, -0.2) is 27.2 Å². The zero-order valence-corrected chi connectivity index (χ0v) is 11.1. The lowest BCUT2D eigenvalue weighted by molar-refractivity contribution is -0.122. The molecule has 1 amide bonds. The third-order valence-corrected chi connectivity index (χ3v) is 2.63. The third-order valence-electron chi connectivity index (χ3n) is 2.27. The molecule has 0 atom stereocenters. The predicted octanol–water partition coefficient (Wildman–Crippen LogP) is 3.45. The summed E-state index contributed by atoms with van der Waals surface area (Å²) in [5.74, 6) is 0. The van der Waals surface area contributed by atoms with Gasteiger partial charge in [0, 0.05) is 0 Å². The lowest BCUT2D eigenvalue weighted by atomic mass is 10.2. The Morgan fingerprint density at radius 2 is 1.85 bits per heavy atom. The molecule has 0 aliphatic heterocycles. The van der Waals surface area contributed by atoms with Crippen molar-refractivity contribution in [1.29, 1.82) is 0 Å². The Bertz CT molecular complexity index is 625. The number of nitrogens with zero attached hydrogens (tertiary/aromatic N) is 4. The number of aromatic nitrogens is 3. The molecule has 0 aliphatic rings. The summed E-state index contributed by atoms with van der Waals surface area (Å²) in [6.45, 7) is 0. The molecule has 0 fully saturated rings. The number of alkyl halides is 3. The zero-order valence-electron chi connectivity index (χ0n) is 9.47. The topological polar surface area (TPSA) is 51.0 Å². The number of amides is 1. The van der Waals surface area contributed by atoms with E-state index in [0.717, 1.165) is 12.1 Å². The van der Waals surface area contributed by atoms with E-state index in [9.17, 15) is 22.4 Å². The maximum atomic E-state index is 12.5. The van der Waals surface area contributed by atoms with Gasteiger partial charge in [-0.25, -0.2) is 14.5 Å². The largest absolute Gasteiger partial charge is 0.493 e. The van der Waals surface area contributed by atoms with Crippen LogP contribution in [0.4, 0.5) is 28.0 Å². The van der Waals surface area contributed by atoms with Gasteiger partial charge in [0.05, 0.1) is 11.4 Å². The van der Waals surface area contributed by atoms with Crippen molar-refractivity contribution < 1.29 is 22.4 Å². The van der Waals surface area contributed by atoms with E-state index in [1.807, 2.05) is 0 Å². The van der Waals surface area contributed by atoms with Crippen LogP contribution in [0.1, 0.15) is 0 Å². The van der Waals surface area contributed by atoms with Gasteiger partial charge in [0.2, 0.25) is 4.73 Å². The number of carbonyl (C=O) groups excluding carboxylic acids is 1. The van der Waals surface area contributed by atoms with E-state index in [-0.39, 0.29) is 0 Å². The zero-order chi connectivity index (χ0) is 14.9. The fraction of sp³-hybridized carbons (Fsp3) is 0.100. The molecule has 0 unspecified atom stereocenters. The summed E-state index contributed by atoms with van der Waals surface area (Å²) in [7, 11) is 0. The molecular formula is C10H5BrF4N4O. The van der Waals surface area contributed by atoms with Gasteiger partial charge < -0.3 is 0 Å². The summed E-state index contributed by atoms with van der Waals surface area (Å²) in [6.07, 6.45) is -6.40. The summed E-state index contributed by atoms with van der Waals surface area (Å²) in [6, 6.07) is 4.40. The highest BCUT2D eigenvalue weighted by Crippen LogP contribution is 2.29. The number of hydrogen-bond donors (Lipinski definition) is 0. The van der Waals surface area contributed by atoms with Crippen molar-refractivity contribution in [1.82, 2.24) is 14.8 Å². The van der Waals surface area contributed by atoms with Gasteiger partial charge in [0.1, 0.15) is 6.33 Å². The van der Waals surface area contributed by atoms with E-state index >= 15 is 0 Å². The van der Waals surface area contributed by atoms with Gasteiger partial charge in [-0.15, -0.1) is 22.7 Å². The Hall–Kier alpha value is -1.97. The summed E-state index contributed by atoms with van der Waals surface area (Å²) in [5, 5.41) is 3.88. The molecule has 0 spiro atoms. The molecule has 1 aromatic carbocycles. The first kappa shape index (κ1) is 14.4. The van der Waals surface area contributed by atoms with Crippen LogP contribution in [0.3, 0.4) is 0 Å². The average molecular weight is 353 g/mol. The van der Waals surface area contributed by atoms with Gasteiger partial charge in [-0.05, 0) is 40.2 Å². The van der Waals surface area contributed by atoms with Crippen LogP contribution in [0.2, 0.25) is 0 Å². The first-order chi connectivity index (χ1) is 9.29. The number of rotatable bonds is 2. The Labute approximate surface area is 117 Å². The van der Waals surface area contributed by atoms with Crippen molar-refractivity contribution >= 4 is 27.8 Å². The predicted molar refractivity (Wildman–Crippen MR) is 64.1 cm³/mol. The molecule has 0 radical (unpaired) electrons. The summed E-state index contributed by atoms with van der Waals surface area (Å²) in [4.78, 5) is 13.3. The lowest BCUT2D eigenvalue weighted by Gasteiger charge is -2.21. The SMILES string of the molecule is O=C(F)N(c1ccc(-n2cnc(Br)n2)cc1)C(F)(F)F. The normalized spacial score (nSPS) is 11.4. The maximum absolute atomic E-state index is 12.5. The molecular weight excluding hydrogens is 348 g/mol. The van der Waals surface area contributed by atoms with Crippen LogP contribution in [0.25, 0.3) is 5.69 Å². The van der Waals surface area contributed by atoms with Gasteiger partial charge in [0.15, 0.2) is 0 Å². The number of hydrogen-bond acceptors (Lipinski definition) is 3. The second kappa shape index (κ2) is 5.19. The van der Waals surface area contributed by atoms with E-state index in [1.165, 1.54) is 23.1 Å². The second-order valence-corrected chi connectivity index (χ2v) is 4.24. The Morgan fingerprint density at radius 1 is 1.25 bits per heavy atom. The number of carbonyl (C=O) groups is 1. The lowest BCUT2D eigenvalue weighted by Crippen LogP contribution is -2.40. The number of anilines is 1. The van der Waals surface area contributed by atoms with Crippen molar-refractivity contribution in [3.63, 3.8) is 0 Å². The van der Waals surface area contributed by atoms with Crippen molar-refractivity contribution in [3.05, 3.63) is 35.3 Å². The highest BCUT2D eigenvalue weighted by atomic mass is 79.9. The summed E-state index contributed by atoms with van der Waals surface area (Å²) in [5.41, 5.74) is -0.228. The van der Waals surface area contributed by atoms with E-state index in [4.69, 9.17) is 0 Å². The standard InChI is InChI=1S/C10H5BrF4N4O/c11-8-16-5-18(17-8)6-1-3-7(4-2-6)19(9(12)20)10(13,14)15/h1-5H. The van der Waals surface area contributed by atoms with Gasteiger partial charge in [0.25, 0.3) is 0 Å². The molecule has 0 saturated carbocycles. The van der Waals surface area contributed by atoms with E-state index in [1.54, 1.807) is 0 Å². The molecule has 0 bridgehead atoms. The van der Waals surface area contributed by atoms with Gasteiger partial charge in [-0.3, -0.25) is 0 Å². The highest BCUT2D eigenvalue weighted by molar-refractivity contribution is 9.10. The maximum Gasteiger partial charge on any atom is 0.493 e. The van der Waals surface area contributed by atoms with Crippen LogP contribution < -0.4 is 4.90 Å². The smallest absolute Gasteiger partial charge is 0.233 e. The molecule has 5 nitrogen and oxygen atoms in total. The Balaban J connectivity index is 2.34. The van der Waals surface area contributed by atoms with E-state index in [2.05, 4.69) is 26.0 Å². The van der Waals surface area contributed by atoms with Crippen molar-refractivity contribution in [2.24, 2.45) is 0 Å². The van der Waals surface area contributed by atoms with E-state index in [0.29, 0.717) is 10.4 Å². The fourth-order valence-corrected chi connectivity index (χ4v) is 1.73. The van der Waals surface area contributed by atoms with Gasteiger partial charge in [-0.2, -0.15) is 4.90 Å². The number of benzene rings is 1. The van der Waals surface area contributed by atoms with Crippen LogP contribution in [0.15, 0.2) is 35.3 Å². The molecule has 1 heterocycles. The molecule has 0 aliphatic carbocycles. The summed E-state index contributed by atoms with van der Waals surface area (Å²) >= 11 is 3.02. The molecule has 10 heteroatoms. The quantitative estimate of drug-likeness (QED) is 0.472.